The Balaban J connectivity index is 1.85. The Kier molecular flexibility index (Phi) is 4.59. The van der Waals surface area contributed by atoms with Gasteiger partial charge in [0.25, 0.3) is 0 Å². The van der Waals surface area contributed by atoms with E-state index < -0.39 is 10.0 Å². The van der Waals surface area contributed by atoms with Crippen LogP contribution in [0.25, 0.3) is 0 Å². The smallest absolute Gasteiger partial charge is 0.243 e. The second-order valence-electron chi connectivity index (χ2n) is 5.97. The highest BCUT2D eigenvalue weighted by molar-refractivity contribution is 7.89. The SMILES string of the molecule is CN(C1CCCCCC1)S(=O)(=O)c1ccc2c(c1)OCCO2. The zero-order valence-corrected chi connectivity index (χ0v) is 13.8. The molecule has 3 rings (SSSR count). The molecule has 0 spiro atoms. The summed E-state index contributed by atoms with van der Waals surface area (Å²) in [6, 6.07) is 4.97. The third-order valence-electron chi connectivity index (χ3n) is 4.53. The highest BCUT2D eigenvalue weighted by atomic mass is 32.2. The van der Waals surface area contributed by atoms with E-state index in [0.717, 1.165) is 25.7 Å². The van der Waals surface area contributed by atoms with Gasteiger partial charge in [-0.05, 0) is 25.0 Å². The third kappa shape index (κ3) is 3.08. The molecule has 5 nitrogen and oxygen atoms in total. The lowest BCUT2D eigenvalue weighted by atomic mass is 10.1. The number of fused-ring (bicyclic) bond motifs is 1. The Bertz CT molecular complexity index is 621. The summed E-state index contributed by atoms with van der Waals surface area (Å²) >= 11 is 0. The van der Waals surface area contributed by atoms with Crippen LogP contribution in [0.2, 0.25) is 0 Å². The standard InChI is InChI=1S/C16H23NO4S/c1-17(13-6-4-2-3-5-7-13)22(18,19)14-8-9-15-16(12-14)21-11-10-20-15/h8-9,12-13H,2-7,10-11H2,1H3. The third-order valence-corrected chi connectivity index (χ3v) is 6.44. The van der Waals surface area contributed by atoms with Crippen LogP contribution in [0, 0.1) is 0 Å². The van der Waals surface area contributed by atoms with Gasteiger partial charge in [-0.2, -0.15) is 4.31 Å². The fraction of sp³-hybridized carbons (Fsp3) is 0.625. The van der Waals surface area contributed by atoms with E-state index in [4.69, 9.17) is 9.47 Å². The Hall–Kier alpha value is -1.27. The summed E-state index contributed by atoms with van der Waals surface area (Å²) in [6.45, 7) is 0.954. The van der Waals surface area contributed by atoms with Gasteiger partial charge in [0.15, 0.2) is 11.5 Å². The van der Waals surface area contributed by atoms with Crippen LogP contribution in [0.15, 0.2) is 23.1 Å². The number of benzene rings is 1. The first-order chi connectivity index (χ1) is 10.6. The van der Waals surface area contributed by atoms with Gasteiger partial charge >= 0.3 is 0 Å². The van der Waals surface area contributed by atoms with Gasteiger partial charge in [-0.1, -0.05) is 25.7 Å². The molecule has 0 saturated heterocycles. The average molecular weight is 325 g/mol. The van der Waals surface area contributed by atoms with E-state index in [2.05, 4.69) is 0 Å². The second-order valence-corrected chi connectivity index (χ2v) is 7.97. The minimum Gasteiger partial charge on any atom is -0.486 e. The maximum atomic E-state index is 12.9. The molecule has 0 amide bonds. The van der Waals surface area contributed by atoms with Crippen molar-refractivity contribution in [2.45, 2.75) is 49.5 Å². The minimum absolute atomic E-state index is 0.0979. The lowest BCUT2D eigenvalue weighted by Gasteiger charge is -2.27. The number of rotatable bonds is 3. The second kappa shape index (κ2) is 6.46. The minimum atomic E-state index is -3.49. The molecule has 0 unspecified atom stereocenters. The molecule has 1 saturated carbocycles. The number of sulfonamides is 1. The summed E-state index contributed by atoms with van der Waals surface area (Å²) < 4.78 is 38.2. The largest absolute Gasteiger partial charge is 0.486 e. The predicted octanol–water partition coefficient (Wildman–Crippen LogP) is 2.80. The zero-order chi connectivity index (χ0) is 15.6. The molecule has 2 aliphatic rings. The van der Waals surface area contributed by atoms with Crippen LogP contribution in [-0.2, 0) is 10.0 Å². The van der Waals surface area contributed by atoms with Gasteiger partial charge in [-0.15, -0.1) is 0 Å². The fourth-order valence-corrected chi connectivity index (χ4v) is 4.60. The quantitative estimate of drug-likeness (QED) is 0.802. The molecule has 6 heteroatoms. The molecule has 0 aromatic heterocycles. The van der Waals surface area contributed by atoms with Crippen molar-refractivity contribution >= 4 is 10.0 Å². The summed E-state index contributed by atoms with van der Waals surface area (Å²) in [6.07, 6.45) is 6.50. The molecule has 0 radical (unpaired) electrons. The van der Waals surface area contributed by atoms with Crippen molar-refractivity contribution < 1.29 is 17.9 Å². The van der Waals surface area contributed by atoms with Gasteiger partial charge in [-0.25, -0.2) is 8.42 Å². The summed E-state index contributed by atoms with van der Waals surface area (Å²) in [5, 5.41) is 0. The van der Waals surface area contributed by atoms with E-state index in [1.807, 2.05) is 0 Å². The molecule has 1 heterocycles. The van der Waals surface area contributed by atoms with Crippen LogP contribution in [0.4, 0.5) is 0 Å². The number of hydrogen-bond donors (Lipinski definition) is 0. The molecule has 22 heavy (non-hydrogen) atoms. The first-order valence-electron chi connectivity index (χ1n) is 7.97. The van der Waals surface area contributed by atoms with Crippen LogP contribution in [0.5, 0.6) is 11.5 Å². The van der Waals surface area contributed by atoms with Gasteiger partial charge in [0.05, 0.1) is 4.90 Å². The predicted molar refractivity (Wildman–Crippen MR) is 83.9 cm³/mol. The summed E-state index contributed by atoms with van der Waals surface area (Å²) in [4.78, 5) is 0.281. The number of nitrogens with zero attached hydrogens (tertiary/aromatic N) is 1. The van der Waals surface area contributed by atoms with Crippen LogP contribution in [0.1, 0.15) is 38.5 Å². The lowest BCUT2D eigenvalue weighted by molar-refractivity contribution is 0.171. The molecule has 1 aromatic carbocycles. The molecular formula is C16H23NO4S. The van der Waals surface area contributed by atoms with Gasteiger partial charge in [0, 0.05) is 19.2 Å². The maximum Gasteiger partial charge on any atom is 0.243 e. The van der Waals surface area contributed by atoms with Gasteiger partial charge in [0.2, 0.25) is 10.0 Å². The molecule has 1 aliphatic heterocycles. The molecule has 1 fully saturated rings. The van der Waals surface area contributed by atoms with Crippen LogP contribution in [0.3, 0.4) is 0 Å². The Morgan fingerprint density at radius 1 is 1.00 bits per heavy atom. The average Bonchev–Trinajstić information content (AvgIpc) is 2.82. The number of hydrogen-bond acceptors (Lipinski definition) is 4. The molecular weight excluding hydrogens is 302 g/mol. The summed E-state index contributed by atoms with van der Waals surface area (Å²) in [7, 11) is -1.79. The lowest BCUT2D eigenvalue weighted by Crippen LogP contribution is -2.36. The van der Waals surface area contributed by atoms with E-state index in [1.54, 1.807) is 29.6 Å². The molecule has 0 N–H and O–H groups in total. The molecule has 122 valence electrons. The van der Waals surface area contributed by atoms with Crippen LogP contribution < -0.4 is 9.47 Å². The van der Waals surface area contributed by atoms with E-state index in [9.17, 15) is 8.42 Å². The molecule has 1 aromatic rings. The topological polar surface area (TPSA) is 55.8 Å². The first kappa shape index (κ1) is 15.6. The van der Waals surface area contributed by atoms with E-state index in [-0.39, 0.29) is 10.9 Å². The molecule has 0 bridgehead atoms. The van der Waals surface area contributed by atoms with Crippen molar-refractivity contribution in [1.82, 2.24) is 4.31 Å². The fourth-order valence-electron chi connectivity index (χ4n) is 3.17. The van der Waals surface area contributed by atoms with Gasteiger partial charge in [-0.3, -0.25) is 0 Å². The Labute approximate surface area is 132 Å². The monoisotopic (exact) mass is 325 g/mol. The van der Waals surface area contributed by atoms with E-state index in [0.29, 0.717) is 24.7 Å². The van der Waals surface area contributed by atoms with E-state index in [1.165, 1.54) is 12.8 Å². The van der Waals surface area contributed by atoms with Gasteiger partial charge in [0.1, 0.15) is 13.2 Å². The van der Waals surface area contributed by atoms with Crippen molar-refractivity contribution in [2.24, 2.45) is 0 Å². The Morgan fingerprint density at radius 3 is 2.32 bits per heavy atom. The molecule has 1 aliphatic carbocycles. The van der Waals surface area contributed by atoms with Crippen molar-refractivity contribution in [3.63, 3.8) is 0 Å². The highest BCUT2D eigenvalue weighted by Gasteiger charge is 2.29. The van der Waals surface area contributed by atoms with Crippen molar-refractivity contribution in [3.8, 4) is 11.5 Å². The zero-order valence-electron chi connectivity index (χ0n) is 13.0. The van der Waals surface area contributed by atoms with Crippen LogP contribution in [-0.4, -0.2) is 39.0 Å². The normalized spacial score (nSPS) is 19.9. The van der Waals surface area contributed by atoms with Crippen molar-refractivity contribution in [1.29, 1.82) is 0 Å². The maximum absolute atomic E-state index is 12.9. The van der Waals surface area contributed by atoms with Crippen LogP contribution >= 0.6 is 0 Å². The van der Waals surface area contributed by atoms with E-state index >= 15 is 0 Å². The first-order valence-corrected chi connectivity index (χ1v) is 9.41. The number of ether oxygens (including phenoxy) is 2. The summed E-state index contributed by atoms with van der Waals surface area (Å²) in [5.74, 6) is 1.13. The summed E-state index contributed by atoms with van der Waals surface area (Å²) in [5.41, 5.74) is 0. The van der Waals surface area contributed by atoms with Gasteiger partial charge < -0.3 is 9.47 Å². The molecule has 0 atom stereocenters. The van der Waals surface area contributed by atoms with Crippen molar-refractivity contribution in [2.75, 3.05) is 20.3 Å². The highest BCUT2D eigenvalue weighted by Crippen LogP contribution is 2.34. The Morgan fingerprint density at radius 2 is 1.64 bits per heavy atom. The van der Waals surface area contributed by atoms with Crippen molar-refractivity contribution in [3.05, 3.63) is 18.2 Å².